The van der Waals surface area contributed by atoms with E-state index in [9.17, 15) is 0 Å². The number of hydrogen-bond acceptors (Lipinski definition) is 3. The monoisotopic (exact) mass is 234 g/mol. The van der Waals surface area contributed by atoms with Crippen molar-refractivity contribution in [2.45, 2.75) is 32.1 Å². The molecule has 0 aromatic heterocycles. The standard InChI is InChI=1S/C13H18N2S/c1-10(2)9-13(3)15-14-12(16-13)11-7-5-4-6-8-11/h4-8,10,15H,9H2,1-3H3. The molecule has 1 aliphatic heterocycles. The van der Waals surface area contributed by atoms with Gasteiger partial charge in [0, 0.05) is 5.56 Å². The third-order valence-electron chi connectivity index (χ3n) is 2.53. The summed E-state index contributed by atoms with van der Waals surface area (Å²) in [4.78, 5) is 0.0549. The highest BCUT2D eigenvalue weighted by Gasteiger charge is 2.33. The molecule has 0 aliphatic carbocycles. The van der Waals surface area contributed by atoms with Crippen molar-refractivity contribution in [3.8, 4) is 0 Å². The first-order valence-electron chi connectivity index (χ1n) is 5.68. The average molecular weight is 234 g/mol. The van der Waals surface area contributed by atoms with Gasteiger partial charge in [-0.3, -0.25) is 5.43 Å². The molecule has 0 saturated carbocycles. The summed E-state index contributed by atoms with van der Waals surface area (Å²) in [6.45, 7) is 6.71. The third kappa shape index (κ3) is 2.59. The molecule has 1 unspecified atom stereocenters. The van der Waals surface area contributed by atoms with Gasteiger partial charge in [-0.25, -0.2) is 0 Å². The van der Waals surface area contributed by atoms with Crippen LogP contribution in [0.25, 0.3) is 0 Å². The summed E-state index contributed by atoms with van der Waals surface area (Å²) >= 11 is 1.83. The van der Waals surface area contributed by atoms with Gasteiger partial charge in [0.15, 0.2) is 0 Å². The first kappa shape index (κ1) is 11.5. The predicted octanol–water partition coefficient (Wildman–Crippen LogP) is 3.45. The Bertz CT molecular complexity index is 386. The van der Waals surface area contributed by atoms with Gasteiger partial charge in [0.2, 0.25) is 0 Å². The second kappa shape index (κ2) is 4.50. The topological polar surface area (TPSA) is 24.4 Å². The van der Waals surface area contributed by atoms with Gasteiger partial charge in [-0.1, -0.05) is 55.9 Å². The van der Waals surface area contributed by atoms with Crippen LogP contribution >= 0.6 is 11.8 Å². The molecule has 1 aliphatic rings. The van der Waals surface area contributed by atoms with E-state index < -0.39 is 0 Å². The number of thioether (sulfide) groups is 1. The van der Waals surface area contributed by atoms with E-state index >= 15 is 0 Å². The normalized spacial score (nSPS) is 24.4. The van der Waals surface area contributed by atoms with Gasteiger partial charge in [0.05, 0.1) is 0 Å². The number of hydrazone groups is 1. The highest BCUT2D eigenvalue weighted by atomic mass is 32.2. The Balaban J connectivity index is 2.08. The van der Waals surface area contributed by atoms with Crippen LogP contribution in [0.3, 0.4) is 0 Å². The zero-order valence-corrected chi connectivity index (χ0v) is 10.8. The molecule has 1 atom stereocenters. The van der Waals surface area contributed by atoms with Crippen LogP contribution in [0.15, 0.2) is 35.4 Å². The molecule has 16 heavy (non-hydrogen) atoms. The van der Waals surface area contributed by atoms with E-state index in [0.29, 0.717) is 5.92 Å². The number of hydrogen-bond donors (Lipinski definition) is 1. The van der Waals surface area contributed by atoms with Gasteiger partial charge in [0.25, 0.3) is 0 Å². The Hall–Kier alpha value is -0.960. The van der Waals surface area contributed by atoms with Crippen LogP contribution in [-0.2, 0) is 0 Å². The van der Waals surface area contributed by atoms with E-state index in [2.05, 4.69) is 55.6 Å². The van der Waals surface area contributed by atoms with Crippen LogP contribution in [0.5, 0.6) is 0 Å². The maximum atomic E-state index is 4.44. The lowest BCUT2D eigenvalue weighted by atomic mass is 10.1. The molecule has 0 bridgehead atoms. The molecular weight excluding hydrogens is 216 g/mol. The zero-order chi connectivity index (χ0) is 11.6. The van der Waals surface area contributed by atoms with Gasteiger partial charge >= 0.3 is 0 Å². The van der Waals surface area contributed by atoms with Crippen molar-refractivity contribution in [2.75, 3.05) is 0 Å². The lowest BCUT2D eigenvalue weighted by Crippen LogP contribution is -2.33. The maximum absolute atomic E-state index is 4.44. The Morgan fingerprint density at radius 3 is 2.62 bits per heavy atom. The molecule has 3 heteroatoms. The summed E-state index contributed by atoms with van der Waals surface area (Å²) < 4.78 is 0. The first-order valence-corrected chi connectivity index (χ1v) is 6.50. The first-order chi connectivity index (χ1) is 7.59. The van der Waals surface area contributed by atoms with Crippen LogP contribution in [-0.4, -0.2) is 9.91 Å². The van der Waals surface area contributed by atoms with Crippen LogP contribution in [0.1, 0.15) is 32.8 Å². The van der Waals surface area contributed by atoms with Crippen LogP contribution < -0.4 is 5.43 Å². The lowest BCUT2D eigenvalue weighted by molar-refractivity contribution is 0.423. The highest BCUT2D eigenvalue weighted by Crippen LogP contribution is 2.36. The van der Waals surface area contributed by atoms with E-state index in [1.165, 1.54) is 5.56 Å². The number of rotatable bonds is 3. The molecule has 1 heterocycles. The van der Waals surface area contributed by atoms with Crippen molar-refractivity contribution in [3.63, 3.8) is 0 Å². The van der Waals surface area contributed by atoms with Crippen molar-refractivity contribution in [3.05, 3.63) is 35.9 Å². The molecule has 0 saturated heterocycles. The SMILES string of the molecule is CC(C)CC1(C)NN=C(c2ccccc2)S1. The minimum absolute atomic E-state index is 0.0549. The van der Waals surface area contributed by atoms with Crippen molar-refractivity contribution < 1.29 is 0 Å². The molecular formula is C13H18N2S. The third-order valence-corrected chi connectivity index (χ3v) is 3.76. The maximum Gasteiger partial charge on any atom is 0.126 e. The lowest BCUT2D eigenvalue weighted by Gasteiger charge is -2.24. The summed E-state index contributed by atoms with van der Waals surface area (Å²) in [7, 11) is 0. The minimum Gasteiger partial charge on any atom is -0.293 e. The fourth-order valence-corrected chi connectivity index (χ4v) is 3.28. The van der Waals surface area contributed by atoms with Gasteiger partial charge < -0.3 is 0 Å². The Kier molecular flexibility index (Phi) is 3.24. The largest absolute Gasteiger partial charge is 0.293 e. The molecule has 2 rings (SSSR count). The van der Waals surface area contributed by atoms with E-state index in [-0.39, 0.29) is 4.87 Å². The summed E-state index contributed by atoms with van der Waals surface area (Å²) in [5, 5.41) is 5.54. The van der Waals surface area contributed by atoms with Gasteiger partial charge in [-0.15, -0.1) is 0 Å². The fraction of sp³-hybridized carbons (Fsp3) is 0.462. The summed E-state index contributed by atoms with van der Waals surface area (Å²) in [5.41, 5.74) is 4.47. The minimum atomic E-state index is 0.0549. The molecule has 0 radical (unpaired) electrons. The summed E-state index contributed by atoms with van der Waals surface area (Å²) in [6, 6.07) is 10.3. The van der Waals surface area contributed by atoms with Crippen LogP contribution in [0.2, 0.25) is 0 Å². The number of nitrogens with one attached hydrogen (secondary N) is 1. The van der Waals surface area contributed by atoms with Crippen molar-refractivity contribution in [2.24, 2.45) is 11.0 Å². The van der Waals surface area contributed by atoms with Gasteiger partial charge in [-0.05, 0) is 19.3 Å². The molecule has 0 fully saturated rings. The highest BCUT2D eigenvalue weighted by molar-refractivity contribution is 8.15. The second-order valence-electron chi connectivity index (χ2n) is 4.83. The molecule has 0 spiro atoms. The molecule has 1 aromatic rings. The fourth-order valence-electron chi connectivity index (χ4n) is 2.00. The zero-order valence-electron chi connectivity index (χ0n) is 10.0. The van der Waals surface area contributed by atoms with Crippen LogP contribution in [0.4, 0.5) is 0 Å². The van der Waals surface area contributed by atoms with Crippen molar-refractivity contribution >= 4 is 16.8 Å². The predicted molar refractivity (Wildman–Crippen MR) is 71.6 cm³/mol. The summed E-state index contributed by atoms with van der Waals surface area (Å²) in [6.07, 6.45) is 1.12. The van der Waals surface area contributed by atoms with E-state index in [0.717, 1.165) is 11.5 Å². The quantitative estimate of drug-likeness (QED) is 0.866. The van der Waals surface area contributed by atoms with E-state index in [1.54, 1.807) is 0 Å². The summed E-state index contributed by atoms with van der Waals surface area (Å²) in [5.74, 6) is 0.676. The second-order valence-corrected chi connectivity index (χ2v) is 6.32. The number of benzene rings is 1. The molecule has 2 nitrogen and oxygen atoms in total. The van der Waals surface area contributed by atoms with E-state index in [1.807, 2.05) is 17.8 Å². The Morgan fingerprint density at radius 2 is 2.00 bits per heavy atom. The van der Waals surface area contributed by atoms with E-state index in [4.69, 9.17) is 0 Å². The Morgan fingerprint density at radius 1 is 1.31 bits per heavy atom. The van der Waals surface area contributed by atoms with Crippen LogP contribution in [0, 0.1) is 5.92 Å². The molecule has 0 amide bonds. The van der Waals surface area contributed by atoms with Crippen molar-refractivity contribution in [1.82, 2.24) is 5.43 Å². The molecule has 1 N–H and O–H groups in total. The number of nitrogens with zero attached hydrogens (tertiary/aromatic N) is 1. The van der Waals surface area contributed by atoms with Gasteiger partial charge in [-0.2, -0.15) is 5.10 Å². The molecule has 86 valence electrons. The Labute approximate surface area is 102 Å². The van der Waals surface area contributed by atoms with Crippen molar-refractivity contribution in [1.29, 1.82) is 0 Å². The van der Waals surface area contributed by atoms with Gasteiger partial charge in [0.1, 0.15) is 9.91 Å². The smallest absolute Gasteiger partial charge is 0.126 e. The molecule has 1 aromatic carbocycles. The average Bonchev–Trinajstić information content (AvgIpc) is 2.61.